The van der Waals surface area contributed by atoms with E-state index in [0.717, 1.165) is 18.4 Å². The van der Waals surface area contributed by atoms with Crippen LogP contribution in [-0.2, 0) is 11.2 Å². The molecule has 0 spiro atoms. The van der Waals surface area contributed by atoms with Crippen LogP contribution in [0.4, 0.5) is 4.39 Å². The van der Waals surface area contributed by atoms with Gasteiger partial charge in [0.2, 0.25) is 0 Å². The Morgan fingerprint density at radius 3 is 2.23 bits per heavy atom. The predicted octanol–water partition coefficient (Wildman–Crippen LogP) is 2.43. The van der Waals surface area contributed by atoms with Crippen LogP contribution in [0.3, 0.4) is 0 Å². The fourth-order valence-corrected chi connectivity index (χ4v) is 0.607. The van der Waals surface area contributed by atoms with Crippen LogP contribution < -0.4 is 0 Å². The molecule has 0 aliphatic rings. The lowest BCUT2D eigenvalue weighted by atomic mass is 10.3. The van der Waals surface area contributed by atoms with Gasteiger partial charge in [-0.05, 0) is 25.5 Å². The van der Waals surface area contributed by atoms with Crippen molar-refractivity contribution < 1.29 is 9.18 Å². The number of aryl methyl sites for hydroxylation is 1. The van der Waals surface area contributed by atoms with Crippen molar-refractivity contribution in [3.05, 3.63) is 30.1 Å². The van der Waals surface area contributed by atoms with Crippen molar-refractivity contribution in [3.63, 3.8) is 0 Å². The van der Waals surface area contributed by atoms with Crippen LogP contribution in [0.1, 0.15) is 19.5 Å². The highest BCUT2D eigenvalue weighted by Gasteiger charge is 1.81. The molecular weight excluding hydrogens is 169 g/mol. The van der Waals surface area contributed by atoms with Gasteiger partial charge in [-0.2, -0.15) is 0 Å². The molecule has 0 saturated carbocycles. The van der Waals surface area contributed by atoms with Crippen molar-refractivity contribution in [2.45, 2.75) is 20.3 Å². The first-order chi connectivity index (χ1) is 6.35. The molecule has 0 aromatic carbocycles. The molecule has 1 aromatic rings. The summed E-state index contributed by atoms with van der Waals surface area (Å²) in [5, 5.41) is 0. The van der Waals surface area contributed by atoms with E-state index >= 15 is 0 Å². The van der Waals surface area contributed by atoms with E-state index in [4.69, 9.17) is 4.79 Å². The predicted molar refractivity (Wildman–Crippen MR) is 52.4 cm³/mol. The largest absolute Gasteiger partial charge is 0.304 e. The van der Waals surface area contributed by atoms with Gasteiger partial charge in [-0.1, -0.05) is 13.0 Å². The topological polar surface area (TPSA) is 30.0 Å². The van der Waals surface area contributed by atoms with E-state index in [2.05, 4.69) is 11.9 Å². The standard InChI is InChI=1S/C7H9N.C2H4O.CH3F/c1-2-7-5-3-4-6-8-7;1-2-3;1-2/h3-6H,2H2,1H3;2H,1H3;1H3. The van der Waals surface area contributed by atoms with Crippen molar-refractivity contribution >= 4 is 6.29 Å². The van der Waals surface area contributed by atoms with Crippen molar-refractivity contribution in [1.82, 2.24) is 4.98 Å². The number of carbonyl (C=O) groups excluding carboxylic acids is 1. The number of halogens is 1. The van der Waals surface area contributed by atoms with Gasteiger partial charge >= 0.3 is 0 Å². The molecule has 1 aromatic heterocycles. The summed E-state index contributed by atoms with van der Waals surface area (Å²) in [6, 6.07) is 5.96. The normalized spacial score (nSPS) is 7.08. The molecule has 0 aliphatic carbocycles. The van der Waals surface area contributed by atoms with Crippen LogP contribution >= 0.6 is 0 Å². The van der Waals surface area contributed by atoms with Gasteiger partial charge in [0, 0.05) is 11.9 Å². The quantitative estimate of drug-likeness (QED) is 0.629. The molecule has 0 bridgehead atoms. The second-order valence-electron chi connectivity index (χ2n) is 1.91. The summed E-state index contributed by atoms with van der Waals surface area (Å²) in [4.78, 5) is 12.9. The van der Waals surface area contributed by atoms with Gasteiger partial charge in [-0.15, -0.1) is 0 Å². The molecule has 0 aliphatic heterocycles. The molecular formula is C10H16FNO. The molecule has 0 atom stereocenters. The molecule has 74 valence electrons. The Balaban J connectivity index is 0. The summed E-state index contributed by atoms with van der Waals surface area (Å²) in [6.07, 6.45) is 3.60. The Morgan fingerprint density at radius 1 is 1.46 bits per heavy atom. The highest BCUT2D eigenvalue weighted by molar-refractivity contribution is 5.44. The maximum atomic E-state index is 9.50. The molecule has 0 N–H and O–H groups in total. The first kappa shape index (κ1) is 14.3. The molecule has 3 heteroatoms. The lowest BCUT2D eigenvalue weighted by Gasteiger charge is -1.88. The Bertz CT molecular complexity index is 189. The van der Waals surface area contributed by atoms with Crippen LogP contribution in [0, 0.1) is 0 Å². The number of hydrogen-bond donors (Lipinski definition) is 0. The third-order valence-corrected chi connectivity index (χ3v) is 1.09. The zero-order valence-corrected chi connectivity index (χ0v) is 8.33. The van der Waals surface area contributed by atoms with E-state index in [1.807, 2.05) is 24.4 Å². The maximum Gasteiger partial charge on any atom is 0.116 e. The van der Waals surface area contributed by atoms with Crippen molar-refractivity contribution in [2.75, 3.05) is 7.18 Å². The molecule has 0 radical (unpaired) electrons. The number of hydrogen-bond acceptors (Lipinski definition) is 2. The van der Waals surface area contributed by atoms with Crippen molar-refractivity contribution in [3.8, 4) is 0 Å². The summed E-state index contributed by atoms with van der Waals surface area (Å²) in [5.41, 5.74) is 1.16. The summed E-state index contributed by atoms with van der Waals surface area (Å²) in [5.74, 6) is 0. The van der Waals surface area contributed by atoms with E-state index < -0.39 is 0 Å². The number of pyridine rings is 1. The summed E-state index contributed by atoms with van der Waals surface area (Å²) < 4.78 is 9.50. The van der Waals surface area contributed by atoms with Crippen LogP contribution in [0.15, 0.2) is 24.4 Å². The average molecular weight is 185 g/mol. The summed E-state index contributed by atoms with van der Waals surface area (Å²) >= 11 is 0. The van der Waals surface area contributed by atoms with E-state index in [0.29, 0.717) is 7.18 Å². The number of alkyl halides is 1. The van der Waals surface area contributed by atoms with E-state index in [9.17, 15) is 4.39 Å². The Labute approximate surface area is 78.8 Å². The number of aldehydes is 1. The Kier molecular flexibility index (Phi) is 14.7. The van der Waals surface area contributed by atoms with Gasteiger partial charge in [0.15, 0.2) is 0 Å². The van der Waals surface area contributed by atoms with Crippen molar-refractivity contribution in [1.29, 1.82) is 0 Å². The van der Waals surface area contributed by atoms with Gasteiger partial charge in [0.25, 0.3) is 0 Å². The molecule has 0 saturated heterocycles. The average Bonchev–Trinajstić information content (AvgIpc) is 2.23. The van der Waals surface area contributed by atoms with Gasteiger partial charge in [-0.3, -0.25) is 9.37 Å². The van der Waals surface area contributed by atoms with Gasteiger partial charge in [-0.25, -0.2) is 0 Å². The third kappa shape index (κ3) is 10.8. The lowest BCUT2D eigenvalue weighted by molar-refractivity contribution is -0.106. The number of rotatable bonds is 1. The van der Waals surface area contributed by atoms with Crippen LogP contribution in [0.5, 0.6) is 0 Å². The second-order valence-corrected chi connectivity index (χ2v) is 1.91. The first-order valence-corrected chi connectivity index (χ1v) is 4.02. The highest BCUT2D eigenvalue weighted by atomic mass is 19.1. The minimum Gasteiger partial charge on any atom is -0.304 e. The second kappa shape index (κ2) is 13.3. The molecule has 0 fully saturated rings. The van der Waals surface area contributed by atoms with Gasteiger partial charge in [0.1, 0.15) is 6.29 Å². The number of nitrogens with zero attached hydrogens (tertiary/aromatic N) is 1. The fourth-order valence-electron chi connectivity index (χ4n) is 0.607. The minimum absolute atomic E-state index is 0.500. The van der Waals surface area contributed by atoms with Crippen molar-refractivity contribution in [2.24, 2.45) is 0 Å². The number of aromatic nitrogens is 1. The monoisotopic (exact) mass is 185 g/mol. The number of carbonyl (C=O) groups is 1. The minimum atomic E-state index is 0.500. The van der Waals surface area contributed by atoms with Gasteiger partial charge in [0.05, 0.1) is 7.18 Å². The summed E-state index contributed by atoms with van der Waals surface area (Å²) in [7, 11) is 0.500. The highest BCUT2D eigenvalue weighted by Crippen LogP contribution is 1.91. The zero-order chi connectivity index (χ0) is 10.5. The van der Waals surface area contributed by atoms with Crippen LogP contribution in [0.2, 0.25) is 0 Å². The van der Waals surface area contributed by atoms with E-state index in [1.165, 1.54) is 6.92 Å². The smallest absolute Gasteiger partial charge is 0.116 e. The van der Waals surface area contributed by atoms with Gasteiger partial charge < -0.3 is 4.79 Å². The SMILES string of the molecule is CC=O.CCc1ccccn1.CF. The maximum absolute atomic E-state index is 9.50. The Hall–Kier alpha value is -1.25. The molecule has 0 amide bonds. The molecule has 1 rings (SSSR count). The summed E-state index contributed by atoms with van der Waals surface area (Å²) in [6.45, 7) is 3.54. The molecule has 2 nitrogen and oxygen atoms in total. The Morgan fingerprint density at radius 2 is 2.00 bits per heavy atom. The van der Waals surface area contributed by atoms with E-state index in [1.54, 1.807) is 0 Å². The van der Waals surface area contributed by atoms with E-state index in [-0.39, 0.29) is 0 Å². The third-order valence-electron chi connectivity index (χ3n) is 1.09. The lowest BCUT2D eigenvalue weighted by Crippen LogP contribution is -1.81. The molecule has 13 heavy (non-hydrogen) atoms. The molecule has 0 unspecified atom stereocenters. The van der Waals surface area contributed by atoms with Crippen LogP contribution in [0.25, 0.3) is 0 Å². The first-order valence-electron chi connectivity index (χ1n) is 4.02. The van der Waals surface area contributed by atoms with Crippen LogP contribution in [-0.4, -0.2) is 18.4 Å². The zero-order valence-electron chi connectivity index (χ0n) is 8.33. The molecule has 1 heterocycles. The fraction of sp³-hybridized carbons (Fsp3) is 0.400.